The van der Waals surface area contributed by atoms with Gasteiger partial charge < -0.3 is 5.73 Å². The van der Waals surface area contributed by atoms with Gasteiger partial charge in [-0.1, -0.05) is 0 Å². The molecule has 0 aliphatic rings. The molecule has 0 spiro atoms. The molecule has 0 aromatic carbocycles. The Morgan fingerprint density at radius 3 is 2.39 bits per heavy atom. The molecule has 0 bridgehead atoms. The summed E-state index contributed by atoms with van der Waals surface area (Å²) in [7, 11) is 1.72. The molecule has 18 heavy (non-hydrogen) atoms. The van der Waals surface area contributed by atoms with Gasteiger partial charge in [0.15, 0.2) is 0 Å². The second kappa shape index (κ2) is 5.71. The van der Waals surface area contributed by atoms with Crippen LogP contribution in [0.3, 0.4) is 0 Å². The van der Waals surface area contributed by atoms with Crippen LogP contribution in [0.5, 0.6) is 0 Å². The van der Waals surface area contributed by atoms with E-state index in [-0.39, 0.29) is 12.6 Å². The molecule has 0 aliphatic carbocycles. The van der Waals surface area contributed by atoms with Crippen LogP contribution in [0.25, 0.3) is 0 Å². The van der Waals surface area contributed by atoms with E-state index in [0.29, 0.717) is 5.56 Å². The number of halogens is 3. The standard InChI is InChI=1S/C11H19F3N4/c1-8(2)18(7-11(12,13)14)10(4-15)9-5-16-17(3)6-9/h5-6,8,10H,4,7,15H2,1-3H3. The number of hydrogen-bond acceptors (Lipinski definition) is 3. The molecule has 0 radical (unpaired) electrons. The number of nitrogens with two attached hydrogens (primary N) is 1. The van der Waals surface area contributed by atoms with Crippen molar-refractivity contribution in [2.24, 2.45) is 12.8 Å². The lowest BCUT2D eigenvalue weighted by atomic mass is 10.1. The van der Waals surface area contributed by atoms with Gasteiger partial charge in [-0.05, 0) is 13.8 Å². The Labute approximate surface area is 105 Å². The fourth-order valence-electron chi connectivity index (χ4n) is 1.93. The van der Waals surface area contributed by atoms with Gasteiger partial charge in [0.25, 0.3) is 0 Å². The molecule has 0 fully saturated rings. The molecule has 104 valence electrons. The summed E-state index contributed by atoms with van der Waals surface area (Å²) in [6.45, 7) is 2.61. The molecule has 1 atom stereocenters. The van der Waals surface area contributed by atoms with E-state index in [9.17, 15) is 13.2 Å². The highest BCUT2D eigenvalue weighted by Crippen LogP contribution is 2.26. The summed E-state index contributed by atoms with van der Waals surface area (Å²) in [5.41, 5.74) is 6.33. The van der Waals surface area contributed by atoms with Gasteiger partial charge in [-0.15, -0.1) is 0 Å². The summed E-state index contributed by atoms with van der Waals surface area (Å²) >= 11 is 0. The highest BCUT2D eigenvalue weighted by molar-refractivity contribution is 5.11. The number of aromatic nitrogens is 2. The summed E-state index contributed by atoms with van der Waals surface area (Å²) in [4.78, 5) is 1.34. The van der Waals surface area contributed by atoms with Gasteiger partial charge in [0, 0.05) is 31.4 Å². The van der Waals surface area contributed by atoms with Crippen molar-refractivity contribution in [3.8, 4) is 0 Å². The van der Waals surface area contributed by atoms with Crippen molar-refractivity contribution in [1.29, 1.82) is 0 Å². The zero-order valence-electron chi connectivity index (χ0n) is 10.8. The molecular weight excluding hydrogens is 245 g/mol. The Kier molecular flexibility index (Phi) is 4.75. The Balaban J connectivity index is 2.94. The van der Waals surface area contributed by atoms with Crippen molar-refractivity contribution in [3.63, 3.8) is 0 Å². The third-order valence-corrected chi connectivity index (χ3v) is 2.76. The molecule has 1 rings (SSSR count). The van der Waals surface area contributed by atoms with Gasteiger partial charge in [0.2, 0.25) is 0 Å². The molecule has 0 saturated heterocycles. The normalized spacial score (nSPS) is 14.5. The lowest BCUT2D eigenvalue weighted by Gasteiger charge is -2.34. The maximum Gasteiger partial charge on any atom is 0.401 e. The number of rotatable bonds is 5. The highest BCUT2D eigenvalue weighted by Gasteiger charge is 2.35. The minimum Gasteiger partial charge on any atom is -0.329 e. The first-order chi connectivity index (χ1) is 8.24. The first kappa shape index (κ1) is 15.0. The lowest BCUT2D eigenvalue weighted by Crippen LogP contribution is -2.44. The second-order valence-electron chi connectivity index (χ2n) is 4.58. The zero-order chi connectivity index (χ0) is 13.9. The van der Waals surface area contributed by atoms with Gasteiger partial charge >= 0.3 is 6.18 Å². The van der Waals surface area contributed by atoms with E-state index in [2.05, 4.69) is 5.10 Å². The van der Waals surface area contributed by atoms with E-state index in [1.807, 2.05) is 0 Å². The van der Waals surface area contributed by atoms with Gasteiger partial charge in [0.05, 0.1) is 18.8 Å². The van der Waals surface area contributed by atoms with Gasteiger partial charge in [0.1, 0.15) is 0 Å². The molecular formula is C11H19F3N4. The first-order valence-corrected chi connectivity index (χ1v) is 5.75. The smallest absolute Gasteiger partial charge is 0.329 e. The van der Waals surface area contributed by atoms with Crippen molar-refractivity contribution >= 4 is 0 Å². The molecule has 7 heteroatoms. The summed E-state index contributed by atoms with van der Waals surface area (Å²) in [6.07, 6.45) is -0.980. The Morgan fingerprint density at radius 2 is 2.06 bits per heavy atom. The van der Waals surface area contributed by atoms with Crippen molar-refractivity contribution in [2.75, 3.05) is 13.1 Å². The van der Waals surface area contributed by atoms with Crippen LogP contribution in [0.4, 0.5) is 13.2 Å². The first-order valence-electron chi connectivity index (χ1n) is 5.75. The fraction of sp³-hybridized carbons (Fsp3) is 0.727. The Hall–Kier alpha value is -1.08. The van der Waals surface area contributed by atoms with Crippen molar-refractivity contribution in [2.45, 2.75) is 32.1 Å². The van der Waals surface area contributed by atoms with Gasteiger partial charge in [-0.2, -0.15) is 18.3 Å². The second-order valence-corrected chi connectivity index (χ2v) is 4.58. The van der Waals surface area contributed by atoms with Crippen LogP contribution in [0, 0.1) is 0 Å². The zero-order valence-corrected chi connectivity index (χ0v) is 10.8. The minimum atomic E-state index is -4.24. The number of aryl methyl sites for hydroxylation is 1. The van der Waals surface area contributed by atoms with Crippen LogP contribution in [-0.2, 0) is 7.05 Å². The monoisotopic (exact) mass is 264 g/mol. The van der Waals surface area contributed by atoms with Crippen molar-refractivity contribution in [3.05, 3.63) is 18.0 Å². The molecule has 0 aliphatic heterocycles. The summed E-state index contributed by atoms with van der Waals surface area (Å²) < 4.78 is 39.3. The van der Waals surface area contributed by atoms with E-state index < -0.39 is 18.8 Å². The van der Waals surface area contributed by atoms with Crippen molar-refractivity contribution < 1.29 is 13.2 Å². The summed E-state index contributed by atoms with van der Waals surface area (Å²) in [5, 5.41) is 3.98. The van der Waals surface area contributed by atoms with E-state index >= 15 is 0 Å². The van der Waals surface area contributed by atoms with Crippen molar-refractivity contribution in [1.82, 2.24) is 14.7 Å². The van der Waals surface area contributed by atoms with Crippen LogP contribution >= 0.6 is 0 Å². The molecule has 1 heterocycles. The predicted octanol–water partition coefficient (Wildman–Crippen LogP) is 1.69. The molecule has 1 unspecified atom stereocenters. The highest BCUT2D eigenvalue weighted by atomic mass is 19.4. The maximum atomic E-state index is 12.6. The molecule has 1 aromatic heterocycles. The molecule has 2 N–H and O–H groups in total. The number of alkyl halides is 3. The van der Waals surface area contributed by atoms with E-state index in [4.69, 9.17) is 5.73 Å². The van der Waals surface area contributed by atoms with E-state index in [0.717, 1.165) is 0 Å². The predicted molar refractivity (Wildman–Crippen MR) is 62.9 cm³/mol. The van der Waals surface area contributed by atoms with E-state index in [1.54, 1.807) is 38.0 Å². The molecule has 4 nitrogen and oxygen atoms in total. The van der Waals surface area contributed by atoms with Gasteiger partial charge in [-0.3, -0.25) is 9.58 Å². The molecule has 1 aromatic rings. The van der Waals surface area contributed by atoms with Gasteiger partial charge in [-0.25, -0.2) is 0 Å². The molecule has 0 amide bonds. The van der Waals surface area contributed by atoms with Crippen LogP contribution < -0.4 is 5.73 Å². The van der Waals surface area contributed by atoms with Crippen LogP contribution in [0.2, 0.25) is 0 Å². The largest absolute Gasteiger partial charge is 0.401 e. The minimum absolute atomic E-state index is 0.125. The lowest BCUT2D eigenvalue weighted by molar-refractivity contribution is -0.155. The quantitative estimate of drug-likeness (QED) is 0.880. The fourth-order valence-corrected chi connectivity index (χ4v) is 1.93. The summed E-state index contributed by atoms with van der Waals surface area (Å²) in [5.74, 6) is 0. The van der Waals surface area contributed by atoms with Crippen LogP contribution in [0.15, 0.2) is 12.4 Å². The third kappa shape index (κ3) is 3.99. The SMILES string of the molecule is CC(C)N(CC(F)(F)F)C(CN)c1cnn(C)c1. The third-order valence-electron chi connectivity index (χ3n) is 2.76. The Bertz CT molecular complexity index is 373. The van der Waals surface area contributed by atoms with Crippen LogP contribution in [-0.4, -0.2) is 40.0 Å². The summed E-state index contributed by atoms with van der Waals surface area (Å²) in [6, 6.07) is -0.722. The number of nitrogens with zero attached hydrogens (tertiary/aromatic N) is 3. The maximum absolute atomic E-state index is 12.6. The van der Waals surface area contributed by atoms with Crippen LogP contribution in [0.1, 0.15) is 25.5 Å². The molecule has 0 saturated carbocycles. The van der Waals surface area contributed by atoms with E-state index in [1.165, 1.54) is 4.90 Å². The average Bonchev–Trinajstić information content (AvgIpc) is 2.62. The average molecular weight is 264 g/mol. The number of hydrogen-bond donors (Lipinski definition) is 1. The Morgan fingerprint density at radius 1 is 1.44 bits per heavy atom. The topological polar surface area (TPSA) is 47.1 Å².